The summed E-state index contributed by atoms with van der Waals surface area (Å²) in [5.74, 6) is -0.188. The second-order valence-corrected chi connectivity index (χ2v) is 6.66. The molecule has 2 aromatic rings. The fraction of sp³-hybridized carbons (Fsp3) is 0.125. The second kappa shape index (κ2) is 6.93. The summed E-state index contributed by atoms with van der Waals surface area (Å²) in [6, 6.07) is 8.33. The summed E-state index contributed by atoms with van der Waals surface area (Å²) in [5.41, 5.74) is 1.20. The highest BCUT2D eigenvalue weighted by Crippen LogP contribution is 2.36. The number of hydrogen-bond acceptors (Lipinski definition) is 4. The van der Waals surface area contributed by atoms with Crippen LogP contribution in [-0.2, 0) is 4.79 Å². The highest BCUT2D eigenvalue weighted by Gasteiger charge is 2.20. The van der Waals surface area contributed by atoms with E-state index < -0.39 is 0 Å². The van der Waals surface area contributed by atoms with Crippen LogP contribution in [0, 0.1) is 0 Å². The van der Waals surface area contributed by atoms with Crippen LogP contribution in [0.5, 0.6) is 5.75 Å². The summed E-state index contributed by atoms with van der Waals surface area (Å²) < 4.78 is 5.33. The lowest BCUT2D eigenvalue weighted by molar-refractivity contribution is -0.118. The van der Waals surface area contributed by atoms with E-state index >= 15 is 0 Å². The molecule has 2 aromatic carbocycles. The van der Waals surface area contributed by atoms with Gasteiger partial charge >= 0.3 is 0 Å². The Balaban J connectivity index is 1.89. The van der Waals surface area contributed by atoms with Crippen LogP contribution in [0.25, 0.3) is 0 Å². The number of benzene rings is 2. The van der Waals surface area contributed by atoms with Crippen molar-refractivity contribution < 1.29 is 14.3 Å². The zero-order valence-corrected chi connectivity index (χ0v) is 14.8. The van der Waals surface area contributed by atoms with Crippen LogP contribution in [0.2, 0.25) is 10.0 Å². The van der Waals surface area contributed by atoms with Crippen molar-refractivity contribution in [3.63, 3.8) is 0 Å². The number of anilines is 2. The molecule has 124 valence electrons. The molecule has 1 aliphatic rings. The Hall–Kier alpha value is -1.89. The average Bonchev–Trinajstić information content (AvgIpc) is 2.56. The molecule has 0 unspecified atom stereocenters. The normalized spacial score (nSPS) is 12.9. The van der Waals surface area contributed by atoms with Crippen molar-refractivity contribution in [3.8, 4) is 5.75 Å². The number of halogens is 2. The van der Waals surface area contributed by atoms with Crippen molar-refractivity contribution in [2.24, 2.45) is 0 Å². The fourth-order valence-corrected chi connectivity index (χ4v) is 3.04. The van der Waals surface area contributed by atoms with Crippen molar-refractivity contribution in [1.29, 1.82) is 0 Å². The van der Waals surface area contributed by atoms with Crippen LogP contribution in [0.15, 0.2) is 35.2 Å². The Bertz CT molecular complexity index is 842. The quantitative estimate of drug-likeness (QED) is 0.776. The monoisotopic (exact) mass is 382 g/mol. The number of nitrogens with one attached hydrogen (secondary N) is 2. The van der Waals surface area contributed by atoms with E-state index in [1.807, 2.05) is 12.3 Å². The molecule has 2 amide bonds. The minimum absolute atomic E-state index is 0.0797. The number of carbonyl (C=O) groups excluding carboxylic acids is 2. The molecule has 1 heterocycles. The Morgan fingerprint density at radius 1 is 1.25 bits per heavy atom. The first-order valence-electron chi connectivity index (χ1n) is 6.89. The molecule has 0 saturated carbocycles. The maximum Gasteiger partial charge on any atom is 0.262 e. The molecular formula is C16H12Cl2N2O3S. The lowest BCUT2D eigenvalue weighted by atomic mass is 10.2. The summed E-state index contributed by atoms with van der Waals surface area (Å²) >= 11 is 13.8. The van der Waals surface area contributed by atoms with Gasteiger partial charge in [0, 0.05) is 11.0 Å². The SMILES string of the molecule is CSc1ccc(Cl)c(C(=O)Nc2cc3c(cc2Cl)NC(=O)CO3)c1. The highest BCUT2D eigenvalue weighted by molar-refractivity contribution is 7.98. The van der Waals surface area contributed by atoms with E-state index in [1.54, 1.807) is 18.2 Å². The highest BCUT2D eigenvalue weighted by atomic mass is 35.5. The molecule has 0 saturated heterocycles. The molecule has 24 heavy (non-hydrogen) atoms. The molecule has 0 bridgehead atoms. The summed E-state index contributed by atoms with van der Waals surface area (Å²) in [6.45, 7) is -0.0797. The zero-order chi connectivity index (χ0) is 17.3. The molecule has 8 heteroatoms. The van der Waals surface area contributed by atoms with E-state index in [0.29, 0.717) is 27.7 Å². The van der Waals surface area contributed by atoms with Crippen molar-refractivity contribution in [2.45, 2.75) is 4.90 Å². The van der Waals surface area contributed by atoms with Crippen LogP contribution in [0.1, 0.15) is 10.4 Å². The third kappa shape index (κ3) is 3.45. The standard InChI is InChI=1S/C16H12Cl2N2O3S/c1-24-8-2-3-10(17)9(4-8)16(22)20-12-6-14-13(5-11(12)18)19-15(21)7-23-14/h2-6H,7H2,1H3,(H,19,21)(H,20,22). The van der Waals surface area contributed by atoms with E-state index in [4.69, 9.17) is 27.9 Å². The van der Waals surface area contributed by atoms with Crippen LogP contribution in [0.3, 0.4) is 0 Å². The number of rotatable bonds is 3. The topological polar surface area (TPSA) is 67.4 Å². The minimum atomic E-state index is -0.377. The number of thioether (sulfide) groups is 1. The van der Waals surface area contributed by atoms with Gasteiger partial charge in [0.15, 0.2) is 6.61 Å². The minimum Gasteiger partial charge on any atom is -0.482 e. The number of ether oxygens (including phenoxy) is 1. The van der Waals surface area contributed by atoms with Gasteiger partial charge in [-0.3, -0.25) is 9.59 Å². The third-order valence-corrected chi connectivity index (χ3v) is 4.74. The molecule has 0 fully saturated rings. The Morgan fingerprint density at radius 2 is 2.04 bits per heavy atom. The third-order valence-electron chi connectivity index (χ3n) is 3.37. The smallest absolute Gasteiger partial charge is 0.262 e. The van der Waals surface area contributed by atoms with Gasteiger partial charge in [-0.05, 0) is 30.5 Å². The molecule has 0 atom stereocenters. The first kappa shape index (κ1) is 17.0. The van der Waals surface area contributed by atoms with Gasteiger partial charge in [-0.15, -0.1) is 11.8 Å². The maximum absolute atomic E-state index is 12.5. The largest absolute Gasteiger partial charge is 0.482 e. The van der Waals surface area contributed by atoms with Crippen LogP contribution in [-0.4, -0.2) is 24.7 Å². The molecule has 3 rings (SSSR count). The molecule has 0 radical (unpaired) electrons. The Morgan fingerprint density at radius 3 is 2.79 bits per heavy atom. The van der Waals surface area contributed by atoms with Gasteiger partial charge in [-0.25, -0.2) is 0 Å². The van der Waals surface area contributed by atoms with Gasteiger partial charge in [0.1, 0.15) is 5.75 Å². The summed E-state index contributed by atoms with van der Waals surface area (Å²) in [7, 11) is 0. The van der Waals surface area contributed by atoms with Gasteiger partial charge in [-0.2, -0.15) is 0 Å². The zero-order valence-electron chi connectivity index (χ0n) is 12.5. The van der Waals surface area contributed by atoms with Gasteiger partial charge in [0.05, 0.1) is 27.0 Å². The predicted molar refractivity (Wildman–Crippen MR) is 96.8 cm³/mol. The van der Waals surface area contributed by atoms with E-state index in [1.165, 1.54) is 17.8 Å². The van der Waals surface area contributed by atoms with Gasteiger partial charge in [0.2, 0.25) is 0 Å². The van der Waals surface area contributed by atoms with E-state index in [2.05, 4.69) is 10.6 Å². The summed E-state index contributed by atoms with van der Waals surface area (Å²) in [4.78, 5) is 24.7. The predicted octanol–water partition coefficient (Wildman–Crippen LogP) is 4.30. The fourth-order valence-electron chi connectivity index (χ4n) is 2.19. The Labute approximate surface area is 152 Å². The van der Waals surface area contributed by atoms with Crippen molar-refractivity contribution >= 4 is 58.2 Å². The van der Waals surface area contributed by atoms with E-state index in [0.717, 1.165) is 4.90 Å². The molecule has 5 nitrogen and oxygen atoms in total. The van der Waals surface area contributed by atoms with Crippen LogP contribution in [0.4, 0.5) is 11.4 Å². The molecule has 2 N–H and O–H groups in total. The molecule has 1 aliphatic heterocycles. The van der Waals surface area contributed by atoms with Crippen molar-refractivity contribution in [3.05, 3.63) is 45.9 Å². The summed E-state index contributed by atoms with van der Waals surface area (Å²) in [6.07, 6.45) is 1.91. The lowest BCUT2D eigenvalue weighted by Gasteiger charge is -2.19. The van der Waals surface area contributed by atoms with Crippen LogP contribution >= 0.6 is 35.0 Å². The lowest BCUT2D eigenvalue weighted by Crippen LogP contribution is -2.25. The molecule has 0 aromatic heterocycles. The number of amides is 2. The molecule has 0 aliphatic carbocycles. The van der Waals surface area contributed by atoms with Gasteiger partial charge in [-0.1, -0.05) is 23.2 Å². The Kier molecular flexibility index (Phi) is 4.89. The van der Waals surface area contributed by atoms with E-state index in [-0.39, 0.29) is 23.4 Å². The first-order valence-corrected chi connectivity index (χ1v) is 8.87. The van der Waals surface area contributed by atoms with Crippen molar-refractivity contribution in [2.75, 3.05) is 23.5 Å². The maximum atomic E-state index is 12.5. The second-order valence-electron chi connectivity index (χ2n) is 4.96. The van der Waals surface area contributed by atoms with Crippen molar-refractivity contribution in [1.82, 2.24) is 0 Å². The molecule has 0 spiro atoms. The number of carbonyl (C=O) groups is 2. The average molecular weight is 383 g/mol. The molecular weight excluding hydrogens is 371 g/mol. The first-order chi connectivity index (χ1) is 11.5. The van der Waals surface area contributed by atoms with Gasteiger partial charge in [0.25, 0.3) is 11.8 Å². The number of hydrogen-bond donors (Lipinski definition) is 2. The summed E-state index contributed by atoms with van der Waals surface area (Å²) in [5, 5.41) is 6.01. The van der Waals surface area contributed by atoms with E-state index in [9.17, 15) is 9.59 Å². The number of fused-ring (bicyclic) bond motifs is 1. The van der Waals surface area contributed by atoms with Gasteiger partial charge < -0.3 is 15.4 Å². The van der Waals surface area contributed by atoms with Crippen LogP contribution < -0.4 is 15.4 Å².